The fraction of sp³-hybridized carbons (Fsp3) is 0.200. The van der Waals surface area contributed by atoms with E-state index in [2.05, 4.69) is 10.3 Å². The molecule has 0 aliphatic carbocycles. The van der Waals surface area contributed by atoms with E-state index >= 15 is 0 Å². The largest absolute Gasteiger partial charge is 0.473 e. The molecule has 0 fully saturated rings. The lowest BCUT2D eigenvalue weighted by molar-refractivity contribution is -0.115. The number of carbonyl (C=O) groups is 1. The number of ether oxygens (including phenoxy) is 1. The molecule has 0 saturated carbocycles. The Kier molecular flexibility index (Phi) is 4.55. The van der Waals surface area contributed by atoms with Crippen LogP contribution in [0.1, 0.15) is 18.9 Å². The van der Waals surface area contributed by atoms with Gasteiger partial charge in [0, 0.05) is 12.5 Å². The highest BCUT2D eigenvalue weighted by molar-refractivity contribution is 5.92. The molecule has 104 valence electrons. The third-order valence-corrected chi connectivity index (χ3v) is 2.72. The third kappa shape index (κ3) is 3.71. The number of pyridine rings is 1. The van der Waals surface area contributed by atoms with Crippen LogP contribution in [0.5, 0.6) is 5.88 Å². The molecule has 20 heavy (non-hydrogen) atoms. The van der Waals surface area contributed by atoms with Crippen molar-refractivity contribution in [2.45, 2.75) is 20.0 Å². The van der Waals surface area contributed by atoms with Crippen LogP contribution >= 0.6 is 0 Å². The molecular formula is C15H17N3O2. The molecule has 1 amide bonds. The lowest BCUT2D eigenvalue weighted by atomic mass is 10.2. The van der Waals surface area contributed by atoms with E-state index < -0.39 is 0 Å². The van der Waals surface area contributed by atoms with Crippen molar-refractivity contribution in [3.05, 3.63) is 48.0 Å². The van der Waals surface area contributed by atoms with Crippen molar-refractivity contribution in [2.24, 2.45) is 0 Å². The van der Waals surface area contributed by atoms with Crippen molar-refractivity contribution in [2.75, 3.05) is 11.1 Å². The number of nitrogens with two attached hydrogens (primary N) is 1. The van der Waals surface area contributed by atoms with Gasteiger partial charge < -0.3 is 15.8 Å². The predicted octanol–water partition coefficient (Wildman–Crippen LogP) is 2.59. The van der Waals surface area contributed by atoms with Gasteiger partial charge in [0.2, 0.25) is 11.8 Å². The second-order valence-electron chi connectivity index (χ2n) is 4.26. The molecule has 5 nitrogen and oxygen atoms in total. The summed E-state index contributed by atoms with van der Waals surface area (Å²) in [5.41, 5.74) is 7.34. The molecular weight excluding hydrogens is 254 g/mol. The van der Waals surface area contributed by atoms with E-state index in [1.165, 1.54) is 0 Å². The van der Waals surface area contributed by atoms with Gasteiger partial charge in [-0.2, -0.15) is 4.98 Å². The van der Waals surface area contributed by atoms with Crippen LogP contribution in [-0.4, -0.2) is 10.9 Å². The molecule has 0 aliphatic rings. The number of nitrogens with zero attached hydrogens (tertiary/aromatic N) is 1. The molecule has 0 radical (unpaired) electrons. The van der Waals surface area contributed by atoms with Crippen molar-refractivity contribution in [1.82, 2.24) is 4.98 Å². The zero-order chi connectivity index (χ0) is 14.4. The minimum Gasteiger partial charge on any atom is -0.473 e. The van der Waals surface area contributed by atoms with Gasteiger partial charge >= 0.3 is 0 Å². The van der Waals surface area contributed by atoms with Crippen LogP contribution < -0.4 is 15.8 Å². The maximum absolute atomic E-state index is 11.3. The third-order valence-electron chi connectivity index (χ3n) is 2.72. The predicted molar refractivity (Wildman–Crippen MR) is 78.3 cm³/mol. The number of aromatic nitrogens is 1. The molecule has 1 aromatic heterocycles. The number of hydrogen-bond donors (Lipinski definition) is 2. The van der Waals surface area contributed by atoms with Crippen molar-refractivity contribution in [1.29, 1.82) is 0 Å². The van der Waals surface area contributed by atoms with E-state index in [4.69, 9.17) is 10.5 Å². The quantitative estimate of drug-likeness (QED) is 0.876. The first-order valence-corrected chi connectivity index (χ1v) is 6.42. The first-order valence-electron chi connectivity index (χ1n) is 6.42. The summed E-state index contributed by atoms with van der Waals surface area (Å²) in [4.78, 5) is 15.4. The standard InChI is InChI=1S/C15H17N3O2/c1-2-13(19)17-12-8-9-14(18-15(12)16)20-10-11-6-4-3-5-7-11/h3-9H,2,10H2,1H3,(H2,16,18)(H,17,19). The first-order chi connectivity index (χ1) is 9.69. The number of nitrogen functional groups attached to an aromatic ring is 1. The number of amides is 1. The lowest BCUT2D eigenvalue weighted by Gasteiger charge is -2.09. The number of anilines is 2. The summed E-state index contributed by atoms with van der Waals surface area (Å²) in [6.07, 6.45) is 0.395. The lowest BCUT2D eigenvalue weighted by Crippen LogP contribution is -2.12. The maximum atomic E-state index is 11.3. The highest BCUT2D eigenvalue weighted by Gasteiger charge is 2.06. The summed E-state index contributed by atoms with van der Waals surface area (Å²) in [5, 5.41) is 2.68. The Hall–Kier alpha value is -2.56. The van der Waals surface area contributed by atoms with Gasteiger partial charge in [0.1, 0.15) is 6.61 Å². The maximum Gasteiger partial charge on any atom is 0.224 e. The molecule has 0 spiro atoms. The minimum absolute atomic E-state index is 0.101. The molecule has 2 aromatic rings. The van der Waals surface area contributed by atoms with Crippen LogP contribution in [0.2, 0.25) is 0 Å². The van der Waals surface area contributed by atoms with E-state index in [0.29, 0.717) is 24.6 Å². The number of nitrogens with one attached hydrogen (secondary N) is 1. The van der Waals surface area contributed by atoms with Gasteiger partial charge in [-0.05, 0) is 11.6 Å². The van der Waals surface area contributed by atoms with Crippen molar-refractivity contribution < 1.29 is 9.53 Å². The number of benzene rings is 1. The fourth-order valence-corrected chi connectivity index (χ4v) is 1.61. The van der Waals surface area contributed by atoms with Crippen LogP contribution in [0, 0.1) is 0 Å². The van der Waals surface area contributed by atoms with E-state index in [0.717, 1.165) is 5.56 Å². The summed E-state index contributed by atoms with van der Waals surface area (Å²) in [6.45, 7) is 2.20. The highest BCUT2D eigenvalue weighted by atomic mass is 16.5. The van der Waals surface area contributed by atoms with E-state index in [9.17, 15) is 4.79 Å². The minimum atomic E-state index is -0.101. The molecule has 5 heteroatoms. The number of carbonyl (C=O) groups excluding carboxylic acids is 1. The van der Waals surface area contributed by atoms with Crippen molar-refractivity contribution >= 4 is 17.4 Å². The normalized spacial score (nSPS) is 10.1. The smallest absolute Gasteiger partial charge is 0.224 e. The second-order valence-corrected chi connectivity index (χ2v) is 4.26. The van der Waals surface area contributed by atoms with Crippen LogP contribution in [0.3, 0.4) is 0 Å². The Bertz CT molecular complexity index is 585. The van der Waals surface area contributed by atoms with Crippen LogP contribution in [0.4, 0.5) is 11.5 Å². The SMILES string of the molecule is CCC(=O)Nc1ccc(OCc2ccccc2)nc1N. The van der Waals surface area contributed by atoms with Gasteiger partial charge in [0.25, 0.3) is 0 Å². The fourth-order valence-electron chi connectivity index (χ4n) is 1.61. The van der Waals surface area contributed by atoms with Crippen LogP contribution in [0.25, 0.3) is 0 Å². The molecule has 0 bridgehead atoms. The average molecular weight is 271 g/mol. The van der Waals surface area contributed by atoms with E-state index in [1.807, 2.05) is 30.3 Å². The Morgan fingerprint density at radius 3 is 2.65 bits per heavy atom. The van der Waals surface area contributed by atoms with Crippen LogP contribution in [-0.2, 0) is 11.4 Å². The zero-order valence-corrected chi connectivity index (χ0v) is 11.3. The molecule has 0 atom stereocenters. The Morgan fingerprint density at radius 1 is 1.25 bits per heavy atom. The molecule has 1 heterocycles. The first kappa shape index (κ1) is 13.9. The zero-order valence-electron chi connectivity index (χ0n) is 11.3. The van der Waals surface area contributed by atoms with Crippen molar-refractivity contribution in [3.63, 3.8) is 0 Å². The molecule has 0 unspecified atom stereocenters. The van der Waals surface area contributed by atoms with Gasteiger partial charge in [0.05, 0.1) is 5.69 Å². The van der Waals surface area contributed by atoms with Gasteiger partial charge in [-0.3, -0.25) is 4.79 Å². The van der Waals surface area contributed by atoms with Gasteiger partial charge in [-0.1, -0.05) is 37.3 Å². The van der Waals surface area contributed by atoms with E-state index in [1.54, 1.807) is 19.1 Å². The molecule has 3 N–H and O–H groups in total. The Balaban J connectivity index is 2.00. The van der Waals surface area contributed by atoms with E-state index in [-0.39, 0.29) is 11.7 Å². The Labute approximate surface area is 117 Å². The topological polar surface area (TPSA) is 77.2 Å². The summed E-state index contributed by atoms with van der Waals surface area (Å²) < 4.78 is 5.56. The van der Waals surface area contributed by atoms with Crippen LogP contribution in [0.15, 0.2) is 42.5 Å². The summed E-state index contributed by atoms with van der Waals surface area (Å²) in [6, 6.07) is 13.2. The van der Waals surface area contributed by atoms with Gasteiger partial charge in [-0.15, -0.1) is 0 Å². The number of hydrogen-bond acceptors (Lipinski definition) is 4. The molecule has 0 aliphatic heterocycles. The average Bonchev–Trinajstić information content (AvgIpc) is 2.48. The summed E-state index contributed by atoms with van der Waals surface area (Å²) in [5.74, 6) is 0.578. The summed E-state index contributed by atoms with van der Waals surface area (Å²) >= 11 is 0. The summed E-state index contributed by atoms with van der Waals surface area (Å²) in [7, 11) is 0. The highest BCUT2D eigenvalue weighted by Crippen LogP contribution is 2.20. The molecule has 2 rings (SSSR count). The Morgan fingerprint density at radius 2 is 2.00 bits per heavy atom. The van der Waals surface area contributed by atoms with Gasteiger partial charge in [-0.25, -0.2) is 0 Å². The second kappa shape index (κ2) is 6.56. The molecule has 1 aromatic carbocycles. The van der Waals surface area contributed by atoms with Gasteiger partial charge in [0.15, 0.2) is 5.82 Å². The number of rotatable bonds is 5. The monoisotopic (exact) mass is 271 g/mol. The molecule has 0 saturated heterocycles. The van der Waals surface area contributed by atoms with Crippen molar-refractivity contribution in [3.8, 4) is 5.88 Å².